The molecule has 1 heterocycles. The first-order chi connectivity index (χ1) is 6.33. The van der Waals surface area contributed by atoms with Gasteiger partial charge in [-0.05, 0) is 25.0 Å². The van der Waals surface area contributed by atoms with Crippen LogP contribution < -0.4 is 10.2 Å². The van der Waals surface area contributed by atoms with Gasteiger partial charge in [0.2, 0.25) is 0 Å². The molecule has 0 aliphatic heterocycles. The standard InChI is InChI=1S/C8H14N2OS2/c1-12-4-2-3-9-5-7-6-13-8(11)10-7/h6,9H,2-5H2,1H3,(H,10,11). The highest BCUT2D eigenvalue weighted by Crippen LogP contribution is 1.96. The monoisotopic (exact) mass is 218 g/mol. The zero-order chi connectivity index (χ0) is 9.52. The number of H-pyrrole nitrogens is 1. The summed E-state index contributed by atoms with van der Waals surface area (Å²) in [6.07, 6.45) is 3.28. The molecule has 0 spiro atoms. The van der Waals surface area contributed by atoms with Gasteiger partial charge in [0.05, 0.1) is 0 Å². The van der Waals surface area contributed by atoms with Crippen molar-refractivity contribution in [1.29, 1.82) is 0 Å². The normalized spacial score (nSPS) is 10.5. The van der Waals surface area contributed by atoms with Gasteiger partial charge in [-0.2, -0.15) is 11.8 Å². The summed E-state index contributed by atoms with van der Waals surface area (Å²) in [6, 6.07) is 0. The molecular formula is C8H14N2OS2. The molecule has 0 saturated carbocycles. The molecule has 1 aromatic rings. The second-order valence-electron chi connectivity index (χ2n) is 2.70. The van der Waals surface area contributed by atoms with Gasteiger partial charge in [-0.15, -0.1) is 0 Å². The van der Waals surface area contributed by atoms with Crippen molar-refractivity contribution < 1.29 is 0 Å². The molecule has 0 aromatic carbocycles. The maximum atomic E-state index is 10.8. The van der Waals surface area contributed by atoms with Crippen LogP contribution in [0, 0.1) is 0 Å². The SMILES string of the molecule is CSCCCNCc1csc(=O)[nH]1. The van der Waals surface area contributed by atoms with Crippen molar-refractivity contribution in [3.8, 4) is 0 Å². The second-order valence-corrected chi connectivity index (χ2v) is 4.52. The van der Waals surface area contributed by atoms with Crippen LogP contribution >= 0.6 is 23.1 Å². The lowest BCUT2D eigenvalue weighted by Crippen LogP contribution is -2.16. The Labute approximate surface area is 86.0 Å². The van der Waals surface area contributed by atoms with Crippen LogP contribution in [0.25, 0.3) is 0 Å². The van der Waals surface area contributed by atoms with Crippen LogP contribution in [-0.2, 0) is 6.54 Å². The minimum atomic E-state index is 0.0286. The lowest BCUT2D eigenvalue weighted by molar-refractivity contribution is 0.669. The third-order valence-corrected chi connectivity index (χ3v) is 3.00. The molecule has 74 valence electrons. The largest absolute Gasteiger partial charge is 0.315 e. The van der Waals surface area contributed by atoms with E-state index in [0.717, 1.165) is 18.8 Å². The summed E-state index contributed by atoms with van der Waals surface area (Å²) in [7, 11) is 0. The van der Waals surface area contributed by atoms with Gasteiger partial charge in [-0.1, -0.05) is 11.3 Å². The predicted octanol–water partition coefficient (Wildman–Crippen LogP) is 1.28. The molecule has 0 aliphatic carbocycles. The smallest absolute Gasteiger partial charge is 0.304 e. The molecule has 0 fully saturated rings. The fraction of sp³-hybridized carbons (Fsp3) is 0.625. The highest BCUT2D eigenvalue weighted by molar-refractivity contribution is 7.98. The average Bonchev–Trinajstić information content (AvgIpc) is 2.51. The number of thioether (sulfide) groups is 1. The lowest BCUT2D eigenvalue weighted by atomic mass is 10.4. The zero-order valence-electron chi connectivity index (χ0n) is 7.63. The van der Waals surface area contributed by atoms with Gasteiger partial charge in [0, 0.05) is 17.6 Å². The molecule has 0 amide bonds. The highest BCUT2D eigenvalue weighted by atomic mass is 32.2. The topological polar surface area (TPSA) is 44.9 Å². The fourth-order valence-corrected chi connectivity index (χ4v) is 1.98. The Kier molecular flexibility index (Phi) is 5.19. The highest BCUT2D eigenvalue weighted by Gasteiger charge is 1.94. The summed E-state index contributed by atoms with van der Waals surface area (Å²) in [6.45, 7) is 1.78. The van der Waals surface area contributed by atoms with E-state index in [2.05, 4.69) is 16.6 Å². The van der Waals surface area contributed by atoms with Crippen LogP contribution in [0.1, 0.15) is 12.1 Å². The van der Waals surface area contributed by atoms with E-state index < -0.39 is 0 Å². The Morgan fingerprint density at radius 1 is 1.69 bits per heavy atom. The average molecular weight is 218 g/mol. The maximum Gasteiger partial charge on any atom is 0.304 e. The Bertz CT molecular complexity index is 282. The molecule has 0 saturated heterocycles. The molecule has 0 radical (unpaired) electrons. The first-order valence-electron chi connectivity index (χ1n) is 4.19. The van der Waals surface area contributed by atoms with E-state index in [1.807, 2.05) is 17.1 Å². The Balaban J connectivity index is 2.09. The molecule has 0 unspecified atom stereocenters. The van der Waals surface area contributed by atoms with Gasteiger partial charge < -0.3 is 10.3 Å². The summed E-state index contributed by atoms with van der Waals surface area (Å²) in [5, 5.41) is 5.14. The van der Waals surface area contributed by atoms with Crippen molar-refractivity contribution >= 4 is 23.1 Å². The summed E-state index contributed by atoms with van der Waals surface area (Å²) in [5.41, 5.74) is 0.985. The second kappa shape index (κ2) is 6.23. The Morgan fingerprint density at radius 3 is 3.15 bits per heavy atom. The zero-order valence-corrected chi connectivity index (χ0v) is 9.26. The van der Waals surface area contributed by atoms with E-state index in [0.29, 0.717) is 0 Å². The van der Waals surface area contributed by atoms with Crippen molar-refractivity contribution in [3.05, 3.63) is 20.7 Å². The molecule has 1 aromatic heterocycles. The quantitative estimate of drug-likeness (QED) is 0.707. The lowest BCUT2D eigenvalue weighted by Gasteiger charge is -2.00. The number of thiazole rings is 1. The fourth-order valence-electron chi connectivity index (χ4n) is 0.965. The van der Waals surface area contributed by atoms with Gasteiger partial charge in [0.15, 0.2) is 0 Å². The predicted molar refractivity (Wildman–Crippen MR) is 59.6 cm³/mol. The number of nitrogens with one attached hydrogen (secondary N) is 2. The number of aromatic amines is 1. The van der Waals surface area contributed by atoms with Crippen LogP contribution in [0.15, 0.2) is 10.2 Å². The number of rotatable bonds is 6. The molecule has 0 atom stereocenters. The van der Waals surface area contributed by atoms with Gasteiger partial charge >= 0.3 is 4.87 Å². The molecular weight excluding hydrogens is 204 g/mol. The number of hydrogen-bond acceptors (Lipinski definition) is 4. The van der Waals surface area contributed by atoms with Gasteiger partial charge in [0.25, 0.3) is 0 Å². The van der Waals surface area contributed by atoms with Gasteiger partial charge in [0.1, 0.15) is 0 Å². The Hall–Kier alpha value is -0.260. The number of hydrogen-bond donors (Lipinski definition) is 2. The van der Waals surface area contributed by atoms with Gasteiger partial charge in [-0.3, -0.25) is 4.79 Å². The van der Waals surface area contributed by atoms with Crippen molar-refractivity contribution in [2.75, 3.05) is 18.6 Å². The molecule has 1 rings (SSSR count). The molecule has 0 aliphatic rings. The van der Waals surface area contributed by atoms with E-state index in [1.54, 1.807) is 0 Å². The van der Waals surface area contributed by atoms with Crippen LogP contribution in [-0.4, -0.2) is 23.5 Å². The van der Waals surface area contributed by atoms with E-state index in [-0.39, 0.29) is 4.87 Å². The summed E-state index contributed by atoms with van der Waals surface area (Å²) < 4.78 is 0. The minimum absolute atomic E-state index is 0.0286. The van der Waals surface area contributed by atoms with Crippen LogP contribution in [0.2, 0.25) is 0 Å². The first-order valence-corrected chi connectivity index (χ1v) is 6.46. The van der Waals surface area contributed by atoms with Crippen LogP contribution in [0.5, 0.6) is 0 Å². The van der Waals surface area contributed by atoms with E-state index >= 15 is 0 Å². The van der Waals surface area contributed by atoms with E-state index in [9.17, 15) is 4.79 Å². The van der Waals surface area contributed by atoms with Crippen molar-refractivity contribution in [1.82, 2.24) is 10.3 Å². The van der Waals surface area contributed by atoms with Gasteiger partial charge in [-0.25, -0.2) is 0 Å². The maximum absolute atomic E-state index is 10.8. The van der Waals surface area contributed by atoms with Crippen LogP contribution in [0.4, 0.5) is 0 Å². The van der Waals surface area contributed by atoms with Crippen molar-refractivity contribution in [3.63, 3.8) is 0 Å². The third-order valence-electron chi connectivity index (χ3n) is 1.59. The molecule has 5 heteroatoms. The third kappa shape index (κ3) is 4.50. The first kappa shape index (κ1) is 10.8. The number of aromatic nitrogens is 1. The molecule has 13 heavy (non-hydrogen) atoms. The summed E-state index contributed by atoms with van der Waals surface area (Å²) in [5.74, 6) is 1.19. The van der Waals surface area contributed by atoms with Crippen LogP contribution in [0.3, 0.4) is 0 Å². The molecule has 2 N–H and O–H groups in total. The molecule has 0 bridgehead atoms. The van der Waals surface area contributed by atoms with Crippen molar-refractivity contribution in [2.45, 2.75) is 13.0 Å². The Morgan fingerprint density at radius 2 is 2.54 bits per heavy atom. The van der Waals surface area contributed by atoms with Crippen molar-refractivity contribution in [2.24, 2.45) is 0 Å². The summed E-state index contributed by atoms with van der Waals surface area (Å²) in [4.78, 5) is 13.5. The van der Waals surface area contributed by atoms with E-state index in [1.165, 1.54) is 23.5 Å². The minimum Gasteiger partial charge on any atom is -0.315 e. The summed E-state index contributed by atoms with van der Waals surface area (Å²) >= 11 is 3.07. The van der Waals surface area contributed by atoms with E-state index in [4.69, 9.17) is 0 Å². The molecule has 3 nitrogen and oxygen atoms in total.